The van der Waals surface area contributed by atoms with E-state index in [0.29, 0.717) is 6.04 Å². The van der Waals surface area contributed by atoms with E-state index in [9.17, 15) is 0 Å². The molecule has 0 saturated carbocycles. The fraction of sp³-hybridized carbons (Fsp3) is 0.667. The zero-order chi connectivity index (χ0) is 15.3. The van der Waals surface area contributed by atoms with E-state index in [1.54, 1.807) is 0 Å². The van der Waals surface area contributed by atoms with E-state index in [1.165, 1.54) is 11.1 Å². The summed E-state index contributed by atoms with van der Waals surface area (Å²) in [6.45, 7) is 10.4. The first-order valence-electron chi connectivity index (χ1n) is 8.05. The van der Waals surface area contributed by atoms with E-state index >= 15 is 0 Å². The molecule has 3 heteroatoms. The minimum absolute atomic E-state index is 0.153. The van der Waals surface area contributed by atoms with Gasteiger partial charge in [0, 0.05) is 37.9 Å². The largest absolute Gasteiger partial charge is 0.381 e. The molecule has 0 spiro atoms. The Bertz CT molecular complexity index is 433. The Morgan fingerprint density at radius 1 is 1.14 bits per heavy atom. The first-order valence-corrected chi connectivity index (χ1v) is 8.05. The molecule has 1 aliphatic rings. The molecule has 1 fully saturated rings. The van der Waals surface area contributed by atoms with E-state index in [1.807, 2.05) is 0 Å². The summed E-state index contributed by atoms with van der Waals surface area (Å²) in [6.07, 6.45) is 2.30. The van der Waals surface area contributed by atoms with Crippen LogP contribution in [0.3, 0.4) is 0 Å². The van der Waals surface area contributed by atoms with Gasteiger partial charge < -0.3 is 10.1 Å². The van der Waals surface area contributed by atoms with Crippen molar-refractivity contribution in [3.63, 3.8) is 0 Å². The van der Waals surface area contributed by atoms with Crippen LogP contribution in [0, 0.1) is 0 Å². The van der Waals surface area contributed by atoms with E-state index in [0.717, 1.165) is 39.1 Å². The summed E-state index contributed by atoms with van der Waals surface area (Å²) in [5, 5.41) is 3.59. The van der Waals surface area contributed by atoms with Crippen molar-refractivity contribution in [3.8, 4) is 0 Å². The van der Waals surface area contributed by atoms with Crippen molar-refractivity contribution in [3.05, 3.63) is 35.4 Å². The molecule has 0 atom stereocenters. The Hall–Kier alpha value is -0.900. The molecule has 21 heavy (non-hydrogen) atoms. The average Bonchev–Trinajstić information content (AvgIpc) is 2.46. The lowest BCUT2D eigenvalue weighted by atomic mass is 10.0. The molecule has 0 aliphatic carbocycles. The number of benzene rings is 1. The van der Waals surface area contributed by atoms with Crippen LogP contribution < -0.4 is 5.32 Å². The number of hydrogen-bond donors (Lipinski definition) is 1. The molecule has 1 heterocycles. The van der Waals surface area contributed by atoms with E-state index < -0.39 is 0 Å². The van der Waals surface area contributed by atoms with Crippen molar-refractivity contribution in [2.24, 2.45) is 0 Å². The first-order chi connectivity index (χ1) is 9.96. The summed E-state index contributed by atoms with van der Waals surface area (Å²) >= 11 is 0. The Balaban J connectivity index is 1.98. The van der Waals surface area contributed by atoms with E-state index in [4.69, 9.17) is 4.74 Å². The highest BCUT2D eigenvalue weighted by Crippen LogP contribution is 2.18. The number of ether oxygens (including phenoxy) is 1. The maximum atomic E-state index is 5.46. The Labute approximate surface area is 129 Å². The smallest absolute Gasteiger partial charge is 0.0480 e. The van der Waals surface area contributed by atoms with Gasteiger partial charge in [0.2, 0.25) is 0 Å². The molecular formula is C18H30N2O. The molecule has 1 aromatic rings. The highest BCUT2D eigenvalue weighted by Gasteiger charge is 2.19. The summed E-state index contributed by atoms with van der Waals surface area (Å²) in [4.78, 5) is 2.48. The van der Waals surface area contributed by atoms with E-state index in [-0.39, 0.29) is 5.54 Å². The van der Waals surface area contributed by atoms with Gasteiger partial charge in [-0.25, -0.2) is 0 Å². The van der Waals surface area contributed by atoms with Crippen LogP contribution in [-0.2, 0) is 17.8 Å². The lowest BCUT2D eigenvalue weighted by Crippen LogP contribution is -2.37. The van der Waals surface area contributed by atoms with Crippen LogP contribution in [0.2, 0.25) is 0 Å². The van der Waals surface area contributed by atoms with Crippen LogP contribution in [0.4, 0.5) is 0 Å². The molecule has 0 aromatic heterocycles. The number of nitrogens with one attached hydrogen (secondary N) is 1. The topological polar surface area (TPSA) is 24.5 Å². The normalized spacial score (nSPS) is 17.4. The van der Waals surface area contributed by atoms with Gasteiger partial charge in [0.15, 0.2) is 0 Å². The minimum Gasteiger partial charge on any atom is -0.381 e. The average molecular weight is 290 g/mol. The summed E-state index contributed by atoms with van der Waals surface area (Å²) in [5.74, 6) is 0. The molecule has 118 valence electrons. The molecule has 1 aromatic carbocycles. The predicted molar refractivity (Wildman–Crippen MR) is 88.3 cm³/mol. The fourth-order valence-electron chi connectivity index (χ4n) is 2.77. The van der Waals surface area contributed by atoms with Gasteiger partial charge in [0.1, 0.15) is 0 Å². The molecule has 3 nitrogen and oxygen atoms in total. The van der Waals surface area contributed by atoms with Gasteiger partial charge in [-0.3, -0.25) is 4.90 Å². The van der Waals surface area contributed by atoms with Crippen molar-refractivity contribution in [2.75, 3.05) is 20.3 Å². The highest BCUT2D eigenvalue weighted by atomic mass is 16.5. The van der Waals surface area contributed by atoms with Gasteiger partial charge in [0.05, 0.1) is 0 Å². The summed E-state index contributed by atoms with van der Waals surface area (Å²) in [7, 11) is 2.24. The Morgan fingerprint density at radius 2 is 1.76 bits per heavy atom. The standard InChI is InChI=1S/C18H30N2O/c1-18(2,3)19-13-15-7-5-6-8-16(15)14-20(4)17-9-11-21-12-10-17/h5-8,17,19H,9-14H2,1-4H3. The number of nitrogens with zero attached hydrogens (tertiary/aromatic N) is 1. The third kappa shape index (κ3) is 5.42. The van der Waals surface area contributed by atoms with Crippen LogP contribution in [0.25, 0.3) is 0 Å². The zero-order valence-corrected chi connectivity index (χ0v) is 14.0. The molecule has 0 unspecified atom stereocenters. The second kappa shape index (κ2) is 7.39. The lowest BCUT2D eigenvalue weighted by molar-refractivity contribution is 0.0406. The van der Waals surface area contributed by atoms with Crippen LogP contribution in [-0.4, -0.2) is 36.7 Å². The molecule has 2 rings (SSSR count). The maximum Gasteiger partial charge on any atom is 0.0480 e. The van der Waals surface area contributed by atoms with Crippen molar-refractivity contribution >= 4 is 0 Å². The van der Waals surface area contributed by atoms with Crippen molar-refractivity contribution in [1.29, 1.82) is 0 Å². The highest BCUT2D eigenvalue weighted by molar-refractivity contribution is 5.27. The minimum atomic E-state index is 0.153. The second-order valence-electron chi connectivity index (χ2n) is 7.13. The Morgan fingerprint density at radius 3 is 2.38 bits per heavy atom. The van der Waals surface area contributed by atoms with Gasteiger partial charge in [-0.1, -0.05) is 24.3 Å². The van der Waals surface area contributed by atoms with Crippen molar-refractivity contribution < 1.29 is 4.74 Å². The van der Waals surface area contributed by atoms with Gasteiger partial charge in [-0.15, -0.1) is 0 Å². The molecule has 0 amide bonds. The van der Waals surface area contributed by atoms with Crippen LogP contribution >= 0.6 is 0 Å². The predicted octanol–water partition coefficient (Wildman–Crippen LogP) is 3.19. The monoisotopic (exact) mass is 290 g/mol. The third-order valence-corrected chi connectivity index (χ3v) is 4.16. The summed E-state index contributed by atoms with van der Waals surface area (Å²) < 4.78 is 5.46. The van der Waals surface area contributed by atoms with Crippen molar-refractivity contribution in [1.82, 2.24) is 10.2 Å². The molecule has 1 N–H and O–H groups in total. The molecular weight excluding hydrogens is 260 g/mol. The quantitative estimate of drug-likeness (QED) is 0.901. The molecule has 1 aliphatic heterocycles. The van der Waals surface area contributed by atoms with Crippen LogP contribution in [0.15, 0.2) is 24.3 Å². The number of hydrogen-bond acceptors (Lipinski definition) is 3. The number of rotatable bonds is 5. The summed E-state index contributed by atoms with van der Waals surface area (Å²) in [6, 6.07) is 9.44. The van der Waals surface area contributed by atoms with Gasteiger partial charge in [-0.05, 0) is 51.8 Å². The Kier molecular flexibility index (Phi) is 5.80. The molecule has 1 saturated heterocycles. The fourth-order valence-corrected chi connectivity index (χ4v) is 2.77. The van der Waals surface area contributed by atoms with Gasteiger partial charge >= 0.3 is 0 Å². The van der Waals surface area contributed by atoms with Gasteiger partial charge in [0.25, 0.3) is 0 Å². The van der Waals surface area contributed by atoms with Crippen LogP contribution in [0.5, 0.6) is 0 Å². The second-order valence-corrected chi connectivity index (χ2v) is 7.13. The zero-order valence-electron chi connectivity index (χ0n) is 14.0. The third-order valence-electron chi connectivity index (χ3n) is 4.16. The SMILES string of the molecule is CN(Cc1ccccc1CNC(C)(C)C)C1CCOCC1. The summed E-state index contributed by atoms with van der Waals surface area (Å²) in [5.41, 5.74) is 2.99. The maximum absolute atomic E-state index is 5.46. The molecule has 0 radical (unpaired) electrons. The van der Waals surface area contributed by atoms with E-state index in [2.05, 4.69) is 62.3 Å². The first kappa shape index (κ1) is 16.5. The lowest BCUT2D eigenvalue weighted by Gasteiger charge is -2.32. The van der Waals surface area contributed by atoms with Crippen LogP contribution in [0.1, 0.15) is 44.7 Å². The van der Waals surface area contributed by atoms with Crippen molar-refractivity contribution in [2.45, 2.75) is 58.3 Å². The van der Waals surface area contributed by atoms with Gasteiger partial charge in [-0.2, -0.15) is 0 Å². The molecule has 0 bridgehead atoms.